The molecule has 1 unspecified atom stereocenters. The van der Waals surface area contributed by atoms with Crippen LogP contribution < -0.4 is 10.5 Å². The van der Waals surface area contributed by atoms with Crippen LogP contribution in [0.5, 0.6) is 5.75 Å². The van der Waals surface area contributed by atoms with Crippen molar-refractivity contribution >= 4 is 0 Å². The summed E-state index contributed by atoms with van der Waals surface area (Å²) in [7, 11) is 0. The summed E-state index contributed by atoms with van der Waals surface area (Å²) in [6.45, 7) is 8.01. The van der Waals surface area contributed by atoms with Crippen LogP contribution in [0.3, 0.4) is 0 Å². The largest absolute Gasteiger partial charge is 0.494 e. The molecule has 0 aliphatic carbocycles. The number of rotatable bonds is 6. The van der Waals surface area contributed by atoms with Gasteiger partial charge >= 0.3 is 0 Å². The van der Waals surface area contributed by atoms with Crippen LogP contribution >= 0.6 is 0 Å². The molecule has 90 valence electrons. The Morgan fingerprint density at radius 2 is 2.00 bits per heavy atom. The highest BCUT2D eigenvalue weighted by Crippen LogP contribution is 2.20. The lowest BCUT2D eigenvalue weighted by Gasteiger charge is -2.12. The van der Waals surface area contributed by atoms with Gasteiger partial charge in [0, 0.05) is 0 Å². The van der Waals surface area contributed by atoms with Crippen LogP contribution in [0.2, 0.25) is 0 Å². The fraction of sp³-hybridized carbons (Fsp3) is 0.571. The summed E-state index contributed by atoms with van der Waals surface area (Å²) < 4.78 is 5.71. The molecule has 2 N–H and O–H groups in total. The predicted octanol–water partition coefficient (Wildman–Crippen LogP) is 3.17. The third-order valence-electron chi connectivity index (χ3n) is 2.81. The fourth-order valence-corrected chi connectivity index (χ4v) is 1.46. The molecule has 0 spiro atoms. The maximum atomic E-state index is 5.71. The smallest absolute Gasteiger partial charge is 0.119 e. The summed E-state index contributed by atoms with van der Waals surface area (Å²) >= 11 is 0. The first-order valence-corrected chi connectivity index (χ1v) is 6.06. The highest BCUT2D eigenvalue weighted by atomic mass is 16.5. The monoisotopic (exact) mass is 221 g/mol. The van der Waals surface area contributed by atoms with Crippen molar-refractivity contribution in [2.45, 2.75) is 33.1 Å². The van der Waals surface area contributed by atoms with Crippen molar-refractivity contribution < 1.29 is 4.74 Å². The first kappa shape index (κ1) is 13.0. The van der Waals surface area contributed by atoms with E-state index in [0.29, 0.717) is 11.8 Å². The van der Waals surface area contributed by atoms with Gasteiger partial charge in [-0.15, -0.1) is 0 Å². The number of hydrogen-bond donors (Lipinski definition) is 1. The van der Waals surface area contributed by atoms with Gasteiger partial charge in [0.15, 0.2) is 0 Å². The van der Waals surface area contributed by atoms with Gasteiger partial charge in [-0.2, -0.15) is 0 Å². The number of ether oxygens (including phenoxy) is 1. The quantitative estimate of drug-likeness (QED) is 0.800. The van der Waals surface area contributed by atoms with Crippen LogP contribution in [0.4, 0.5) is 0 Å². The lowest BCUT2D eigenvalue weighted by atomic mass is 10.0. The van der Waals surface area contributed by atoms with E-state index in [1.807, 2.05) is 6.07 Å². The van der Waals surface area contributed by atoms with Crippen molar-refractivity contribution in [3.8, 4) is 5.75 Å². The number of nitrogens with two attached hydrogens (primary N) is 1. The fourth-order valence-electron chi connectivity index (χ4n) is 1.46. The van der Waals surface area contributed by atoms with E-state index in [2.05, 4.69) is 39.0 Å². The molecule has 0 saturated heterocycles. The molecule has 2 heteroatoms. The van der Waals surface area contributed by atoms with Crippen LogP contribution in [-0.4, -0.2) is 13.2 Å². The molecule has 2 nitrogen and oxygen atoms in total. The molecule has 16 heavy (non-hydrogen) atoms. The maximum Gasteiger partial charge on any atom is 0.119 e. The molecule has 1 aromatic carbocycles. The van der Waals surface area contributed by atoms with Crippen molar-refractivity contribution in [1.29, 1.82) is 0 Å². The molecule has 0 saturated carbocycles. The van der Waals surface area contributed by atoms with Gasteiger partial charge in [0.05, 0.1) is 6.61 Å². The summed E-state index contributed by atoms with van der Waals surface area (Å²) in [6, 6.07) is 8.33. The second-order valence-electron chi connectivity index (χ2n) is 4.71. The van der Waals surface area contributed by atoms with Gasteiger partial charge in [0.2, 0.25) is 0 Å². The minimum atomic E-state index is 0.535. The zero-order chi connectivity index (χ0) is 12.0. The predicted molar refractivity (Wildman–Crippen MR) is 68.9 cm³/mol. The van der Waals surface area contributed by atoms with E-state index in [-0.39, 0.29) is 0 Å². The topological polar surface area (TPSA) is 35.2 Å². The molecule has 0 bridgehead atoms. The minimum Gasteiger partial charge on any atom is -0.494 e. The van der Waals surface area contributed by atoms with Crippen LogP contribution in [-0.2, 0) is 0 Å². The minimum absolute atomic E-state index is 0.535. The number of benzene rings is 1. The van der Waals surface area contributed by atoms with Gasteiger partial charge in [0.25, 0.3) is 0 Å². The molecule has 0 fully saturated rings. The Balaban J connectivity index is 2.45. The van der Waals surface area contributed by atoms with Crippen LogP contribution in [0.1, 0.15) is 38.7 Å². The molecule has 0 aromatic heterocycles. The third kappa shape index (κ3) is 4.23. The zero-order valence-electron chi connectivity index (χ0n) is 10.6. The molecule has 0 amide bonds. The number of hydrogen-bond acceptors (Lipinski definition) is 2. The van der Waals surface area contributed by atoms with E-state index in [1.165, 1.54) is 5.56 Å². The molecule has 0 radical (unpaired) electrons. The second-order valence-corrected chi connectivity index (χ2v) is 4.71. The van der Waals surface area contributed by atoms with Crippen molar-refractivity contribution in [2.75, 3.05) is 13.2 Å². The lowest BCUT2D eigenvalue weighted by Crippen LogP contribution is -2.13. The van der Waals surface area contributed by atoms with Crippen molar-refractivity contribution in [3.63, 3.8) is 0 Å². The molecule has 1 atom stereocenters. The average Bonchev–Trinajstić information content (AvgIpc) is 2.29. The van der Waals surface area contributed by atoms with E-state index in [4.69, 9.17) is 10.5 Å². The molecule has 1 rings (SSSR count). The van der Waals surface area contributed by atoms with Gasteiger partial charge in [0.1, 0.15) is 5.75 Å². The summed E-state index contributed by atoms with van der Waals surface area (Å²) in [6.07, 6.45) is 1.02. The first-order chi connectivity index (χ1) is 7.63. The molecule has 0 aliphatic heterocycles. The van der Waals surface area contributed by atoms with Gasteiger partial charge < -0.3 is 10.5 Å². The normalized spacial score (nSPS) is 12.8. The second kappa shape index (κ2) is 6.54. The summed E-state index contributed by atoms with van der Waals surface area (Å²) in [4.78, 5) is 0. The standard InChI is InChI=1S/C14H23NO/c1-11(2)13-5-4-6-14(9-13)16-8-7-12(3)10-15/h4-6,9,11-12H,7-8,10,15H2,1-3H3. The SMILES string of the molecule is CC(CN)CCOc1cccc(C(C)C)c1. The maximum absolute atomic E-state index is 5.71. The van der Waals surface area contributed by atoms with Crippen LogP contribution in [0, 0.1) is 5.92 Å². The molecule has 0 heterocycles. The van der Waals surface area contributed by atoms with Gasteiger partial charge in [-0.25, -0.2) is 0 Å². The Morgan fingerprint density at radius 1 is 1.25 bits per heavy atom. The van der Waals surface area contributed by atoms with Gasteiger partial charge in [-0.1, -0.05) is 32.9 Å². The van der Waals surface area contributed by atoms with Crippen molar-refractivity contribution in [3.05, 3.63) is 29.8 Å². The van der Waals surface area contributed by atoms with Crippen molar-refractivity contribution in [1.82, 2.24) is 0 Å². The average molecular weight is 221 g/mol. The van der Waals surface area contributed by atoms with E-state index < -0.39 is 0 Å². The van der Waals surface area contributed by atoms with Gasteiger partial charge in [-0.3, -0.25) is 0 Å². The van der Waals surface area contributed by atoms with E-state index in [0.717, 1.165) is 25.3 Å². The molecule has 0 aliphatic rings. The Hall–Kier alpha value is -1.02. The summed E-state index contributed by atoms with van der Waals surface area (Å²) in [5.74, 6) is 2.05. The highest BCUT2D eigenvalue weighted by molar-refractivity contribution is 5.30. The van der Waals surface area contributed by atoms with E-state index in [1.54, 1.807) is 0 Å². The van der Waals surface area contributed by atoms with Crippen LogP contribution in [0.25, 0.3) is 0 Å². The first-order valence-electron chi connectivity index (χ1n) is 6.06. The summed E-state index contributed by atoms with van der Waals surface area (Å²) in [5.41, 5.74) is 6.88. The summed E-state index contributed by atoms with van der Waals surface area (Å²) in [5, 5.41) is 0. The Bertz CT molecular complexity index is 309. The Kier molecular flexibility index (Phi) is 5.33. The van der Waals surface area contributed by atoms with Crippen LogP contribution in [0.15, 0.2) is 24.3 Å². The molecule has 1 aromatic rings. The lowest BCUT2D eigenvalue weighted by molar-refractivity contribution is 0.285. The van der Waals surface area contributed by atoms with Gasteiger partial charge in [-0.05, 0) is 42.5 Å². The Morgan fingerprint density at radius 3 is 2.62 bits per heavy atom. The molecular formula is C14H23NO. The van der Waals surface area contributed by atoms with E-state index >= 15 is 0 Å². The van der Waals surface area contributed by atoms with E-state index in [9.17, 15) is 0 Å². The van der Waals surface area contributed by atoms with Crippen molar-refractivity contribution in [2.24, 2.45) is 11.7 Å². The zero-order valence-corrected chi connectivity index (χ0v) is 10.6. The third-order valence-corrected chi connectivity index (χ3v) is 2.81. The highest BCUT2D eigenvalue weighted by Gasteiger charge is 2.02. The molecular weight excluding hydrogens is 198 g/mol. The Labute approximate surface area is 98.8 Å².